The monoisotopic (exact) mass is 417 g/mol. The third-order valence-corrected chi connectivity index (χ3v) is 5.65. The first-order valence-electron chi connectivity index (χ1n) is 10.7. The number of amides is 1. The lowest BCUT2D eigenvalue weighted by Gasteiger charge is -2.34. The second-order valence-corrected chi connectivity index (χ2v) is 8.30. The molecule has 1 saturated heterocycles. The summed E-state index contributed by atoms with van der Waals surface area (Å²) in [6.45, 7) is 10.3. The van der Waals surface area contributed by atoms with Crippen LogP contribution in [0.25, 0.3) is 0 Å². The van der Waals surface area contributed by atoms with E-state index in [9.17, 15) is 10.1 Å². The summed E-state index contributed by atoms with van der Waals surface area (Å²) in [5.41, 5.74) is 4.85. The minimum absolute atomic E-state index is 0.0288. The predicted molar refractivity (Wildman–Crippen MR) is 127 cm³/mol. The molecule has 2 aromatic rings. The van der Waals surface area contributed by atoms with Gasteiger partial charge in [0.1, 0.15) is 11.6 Å². The number of benzene rings is 2. The van der Waals surface area contributed by atoms with Gasteiger partial charge in [-0.25, -0.2) is 0 Å². The lowest BCUT2D eigenvalue weighted by molar-refractivity contribution is -0.112. The van der Waals surface area contributed by atoms with Crippen molar-refractivity contribution in [1.82, 2.24) is 4.90 Å². The number of piperazine rings is 1. The van der Waals surface area contributed by atoms with E-state index >= 15 is 0 Å². The van der Waals surface area contributed by atoms with Gasteiger partial charge in [-0.15, -0.1) is 0 Å². The van der Waals surface area contributed by atoms with Gasteiger partial charge in [0, 0.05) is 49.4 Å². The number of para-hydroxylation sites is 1. The number of likely N-dealkylation sites (N-methyl/N-ethyl adjacent to an activating group) is 1. The van der Waals surface area contributed by atoms with Crippen molar-refractivity contribution in [2.24, 2.45) is 0 Å². The smallest absolute Gasteiger partial charge is 0.267 e. The molecule has 0 saturated carbocycles. The predicted octanol–water partition coefficient (Wildman–Crippen LogP) is 4.33. The highest BCUT2D eigenvalue weighted by atomic mass is 16.1. The van der Waals surface area contributed by atoms with Gasteiger partial charge in [-0.1, -0.05) is 32.0 Å². The Balaban J connectivity index is 1.67. The summed E-state index contributed by atoms with van der Waals surface area (Å²) in [7, 11) is 2.14. The fourth-order valence-electron chi connectivity index (χ4n) is 3.66. The molecule has 2 aromatic carbocycles. The molecule has 0 atom stereocenters. The molecule has 0 aliphatic carbocycles. The molecule has 1 heterocycles. The maximum Gasteiger partial charge on any atom is 0.267 e. The maximum absolute atomic E-state index is 12.7. The van der Waals surface area contributed by atoms with Crippen LogP contribution >= 0.6 is 0 Å². The summed E-state index contributed by atoms with van der Waals surface area (Å²) in [6, 6.07) is 16.0. The third kappa shape index (κ3) is 5.65. The van der Waals surface area contributed by atoms with E-state index in [2.05, 4.69) is 53.5 Å². The Kier molecular flexibility index (Phi) is 7.32. The largest absolute Gasteiger partial charge is 0.369 e. The normalized spacial score (nSPS) is 15.0. The number of hydrogen-bond donors (Lipinski definition) is 2. The van der Waals surface area contributed by atoms with E-state index in [4.69, 9.17) is 0 Å². The molecule has 0 radical (unpaired) electrons. The minimum Gasteiger partial charge on any atom is -0.369 e. The van der Waals surface area contributed by atoms with Crippen LogP contribution in [0.15, 0.2) is 54.2 Å². The van der Waals surface area contributed by atoms with Crippen molar-refractivity contribution in [3.05, 3.63) is 65.4 Å². The number of hydrogen-bond acceptors (Lipinski definition) is 5. The fraction of sp³-hybridized carbons (Fsp3) is 0.360. The van der Waals surface area contributed by atoms with Crippen LogP contribution in [-0.2, 0) is 4.79 Å². The SMILES string of the molecule is Cc1cccc(C(C)C)c1NC(=O)/C(C#N)=C\Nc1ccc(N2CCN(C)CC2)cc1. The van der Waals surface area contributed by atoms with Gasteiger partial charge in [0.15, 0.2) is 0 Å². The number of nitrogens with one attached hydrogen (secondary N) is 2. The molecule has 1 aliphatic heterocycles. The number of nitrogens with zero attached hydrogens (tertiary/aromatic N) is 3. The minimum atomic E-state index is -0.416. The molecule has 0 aromatic heterocycles. The quantitative estimate of drug-likeness (QED) is 0.541. The summed E-state index contributed by atoms with van der Waals surface area (Å²) >= 11 is 0. The van der Waals surface area contributed by atoms with E-state index < -0.39 is 5.91 Å². The number of carbonyl (C=O) groups excluding carboxylic acids is 1. The van der Waals surface area contributed by atoms with Crippen LogP contribution in [0.1, 0.15) is 30.9 Å². The average molecular weight is 418 g/mol. The molecule has 0 unspecified atom stereocenters. The molecule has 0 bridgehead atoms. The lowest BCUT2D eigenvalue weighted by atomic mass is 9.98. The van der Waals surface area contributed by atoms with Crippen LogP contribution in [0.3, 0.4) is 0 Å². The van der Waals surface area contributed by atoms with Gasteiger partial charge in [-0.2, -0.15) is 5.26 Å². The van der Waals surface area contributed by atoms with Gasteiger partial charge < -0.3 is 20.4 Å². The van der Waals surface area contributed by atoms with Crippen molar-refractivity contribution in [1.29, 1.82) is 5.26 Å². The number of carbonyl (C=O) groups is 1. The van der Waals surface area contributed by atoms with Gasteiger partial charge in [-0.05, 0) is 55.3 Å². The Bertz CT molecular complexity index is 980. The first kappa shape index (κ1) is 22.4. The number of anilines is 3. The second kappa shape index (κ2) is 10.1. The maximum atomic E-state index is 12.7. The molecule has 0 spiro atoms. The van der Waals surface area contributed by atoms with Crippen molar-refractivity contribution in [2.75, 3.05) is 48.8 Å². The van der Waals surface area contributed by atoms with E-state index in [-0.39, 0.29) is 11.5 Å². The molecular formula is C25H31N5O. The topological polar surface area (TPSA) is 71.4 Å². The highest BCUT2D eigenvalue weighted by molar-refractivity contribution is 6.07. The van der Waals surface area contributed by atoms with Crippen molar-refractivity contribution in [3.8, 4) is 6.07 Å². The Labute approximate surface area is 185 Å². The molecule has 2 N–H and O–H groups in total. The number of rotatable bonds is 6. The lowest BCUT2D eigenvalue weighted by Crippen LogP contribution is -2.44. The summed E-state index contributed by atoms with van der Waals surface area (Å²) in [6.07, 6.45) is 1.47. The summed E-state index contributed by atoms with van der Waals surface area (Å²) in [5.74, 6) is -0.151. The standard InChI is InChI=1S/C25H31N5O/c1-18(2)23-7-5-6-19(3)24(23)28-25(31)20(16-26)17-27-21-8-10-22(11-9-21)30-14-12-29(4)13-15-30/h5-11,17-18,27H,12-15H2,1-4H3,(H,28,31)/b20-17-. The zero-order valence-electron chi connectivity index (χ0n) is 18.8. The average Bonchev–Trinajstić information content (AvgIpc) is 2.76. The van der Waals surface area contributed by atoms with Gasteiger partial charge >= 0.3 is 0 Å². The van der Waals surface area contributed by atoms with Crippen LogP contribution in [0.2, 0.25) is 0 Å². The van der Waals surface area contributed by atoms with Gasteiger partial charge in [-0.3, -0.25) is 4.79 Å². The molecule has 1 aliphatic rings. The second-order valence-electron chi connectivity index (χ2n) is 8.30. The first-order chi connectivity index (χ1) is 14.9. The van der Waals surface area contributed by atoms with E-state index in [0.29, 0.717) is 0 Å². The number of aryl methyl sites for hydroxylation is 1. The highest BCUT2D eigenvalue weighted by Crippen LogP contribution is 2.28. The van der Waals surface area contributed by atoms with Gasteiger partial charge in [0.25, 0.3) is 5.91 Å². The van der Waals surface area contributed by atoms with E-state index in [1.54, 1.807) is 0 Å². The molecular weight excluding hydrogens is 386 g/mol. The van der Waals surface area contributed by atoms with E-state index in [0.717, 1.165) is 48.7 Å². The Hall–Kier alpha value is -3.30. The summed E-state index contributed by atoms with van der Waals surface area (Å²) in [4.78, 5) is 17.4. The highest BCUT2D eigenvalue weighted by Gasteiger charge is 2.16. The van der Waals surface area contributed by atoms with Crippen molar-refractivity contribution in [3.63, 3.8) is 0 Å². The molecule has 162 valence electrons. The molecule has 3 rings (SSSR count). The van der Waals surface area contributed by atoms with E-state index in [1.165, 1.54) is 11.9 Å². The Morgan fingerprint density at radius 3 is 2.39 bits per heavy atom. The molecule has 6 heteroatoms. The zero-order valence-corrected chi connectivity index (χ0v) is 18.8. The van der Waals surface area contributed by atoms with Crippen molar-refractivity contribution in [2.45, 2.75) is 26.7 Å². The van der Waals surface area contributed by atoms with Crippen LogP contribution < -0.4 is 15.5 Å². The van der Waals surface area contributed by atoms with Gasteiger partial charge in [0.2, 0.25) is 0 Å². The Morgan fingerprint density at radius 1 is 1.10 bits per heavy atom. The van der Waals surface area contributed by atoms with Crippen molar-refractivity contribution >= 4 is 23.0 Å². The van der Waals surface area contributed by atoms with Crippen LogP contribution in [-0.4, -0.2) is 44.0 Å². The van der Waals surface area contributed by atoms with Crippen molar-refractivity contribution < 1.29 is 4.79 Å². The number of nitriles is 1. The third-order valence-electron chi connectivity index (χ3n) is 5.65. The zero-order chi connectivity index (χ0) is 22.4. The molecule has 31 heavy (non-hydrogen) atoms. The summed E-state index contributed by atoms with van der Waals surface area (Å²) in [5, 5.41) is 15.5. The van der Waals surface area contributed by atoms with Crippen LogP contribution in [0, 0.1) is 18.3 Å². The van der Waals surface area contributed by atoms with Crippen LogP contribution in [0.4, 0.5) is 17.1 Å². The molecule has 1 amide bonds. The van der Waals surface area contributed by atoms with E-state index in [1.807, 2.05) is 43.3 Å². The summed E-state index contributed by atoms with van der Waals surface area (Å²) < 4.78 is 0. The van der Waals surface area contributed by atoms with Crippen LogP contribution in [0.5, 0.6) is 0 Å². The molecule has 1 fully saturated rings. The first-order valence-corrected chi connectivity index (χ1v) is 10.7. The Morgan fingerprint density at radius 2 is 1.77 bits per heavy atom. The molecule has 6 nitrogen and oxygen atoms in total. The fourth-order valence-corrected chi connectivity index (χ4v) is 3.66. The van der Waals surface area contributed by atoms with Gasteiger partial charge in [0.05, 0.1) is 0 Å².